The Morgan fingerprint density at radius 1 is 1.06 bits per heavy atom. The normalized spacial score (nSPS) is 17.5. The predicted octanol–water partition coefficient (Wildman–Crippen LogP) is 3.89. The van der Waals surface area contributed by atoms with Gasteiger partial charge in [0.05, 0.1) is 35.5 Å². The summed E-state index contributed by atoms with van der Waals surface area (Å²) in [4.78, 5) is 40.0. The fraction of sp³-hybridized carbons (Fsp3) is 0.333. The number of anilines is 2. The van der Waals surface area contributed by atoms with Crippen LogP contribution in [0.3, 0.4) is 0 Å². The van der Waals surface area contributed by atoms with Crippen LogP contribution in [0, 0.1) is 6.92 Å². The lowest BCUT2D eigenvalue weighted by Crippen LogP contribution is -2.48. The zero-order valence-corrected chi connectivity index (χ0v) is 19.5. The monoisotopic (exact) mass is 465 g/mol. The fourth-order valence-electron chi connectivity index (χ4n) is 4.64. The summed E-state index contributed by atoms with van der Waals surface area (Å²) in [5.41, 5.74) is 2.64. The number of rotatable bonds is 3. The van der Waals surface area contributed by atoms with Crippen molar-refractivity contribution in [1.82, 2.24) is 14.9 Å². The Morgan fingerprint density at radius 3 is 2.48 bits per heavy atom. The molecular weight excluding hydrogens is 442 g/mol. The van der Waals surface area contributed by atoms with Crippen LogP contribution >= 0.6 is 11.6 Å². The second-order valence-electron chi connectivity index (χ2n) is 8.81. The number of halogens is 1. The van der Waals surface area contributed by atoms with Gasteiger partial charge in [0.15, 0.2) is 5.89 Å². The Kier molecular flexibility index (Phi) is 5.12. The summed E-state index contributed by atoms with van der Waals surface area (Å²) >= 11 is 6.21. The Morgan fingerprint density at radius 2 is 1.79 bits per heavy atom. The first-order chi connectivity index (χ1) is 15.8. The number of fused-ring (bicyclic) bond motifs is 1. The van der Waals surface area contributed by atoms with E-state index >= 15 is 0 Å². The molecule has 0 N–H and O–H groups in total. The predicted molar refractivity (Wildman–Crippen MR) is 125 cm³/mol. The number of nitrogens with zero attached hydrogens (tertiary/aromatic N) is 5. The molecule has 4 heterocycles. The van der Waals surface area contributed by atoms with Crippen molar-refractivity contribution >= 4 is 34.8 Å². The van der Waals surface area contributed by atoms with Crippen LogP contribution in [0.5, 0.6) is 0 Å². The van der Waals surface area contributed by atoms with Gasteiger partial charge in [-0.2, -0.15) is 0 Å². The van der Waals surface area contributed by atoms with Crippen LogP contribution in [0.15, 0.2) is 47.3 Å². The number of carbonyl (C=O) groups excluding carboxylic acids is 2. The van der Waals surface area contributed by atoms with E-state index in [0.717, 1.165) is 16.9 Å². The maximum absolute atomic E-state index is 13.2. The third-order valence-corrected chi connectivity index (χ3v) is 6.60. The molecule has 0 atom stereocenters. The van der Waals surface area contributed by atoms with Crippen molar-refractivity contribution in [3.63, 3.8) is 0 Å². The molecule has 3 aromatic rings. The third kappa shape index (κ3) is 3.64. The van der Waals surface area contributed by atoms with E-state index in [0.29, 0.717) is 42.7 Å². The van der Waals surface area contributed by atoms with Crippen molar-refractivity contribution in [2.24, 2.45) is 0 Å². The summed E-state index contributed by atoms with van der Waals surface area (Å²) in [5, 5.41) is 0.608. The molecule has 5 rings (SSSR count). The number of aryl methyl sites for hydroxylation is 1. The maximum atomic E-state index is 13.2. The molecule has 8 nitrogen and oxygen atoms in total. The summed E-state index contributed by atoms with van der Waals surface area (Å²) in [6.07, 6.45) is 4.97. The van der Waals surface area contributed by atoms with E-state index in [4.69, 9.17) is 16.0 Å². The van der Waals surface area contributed by atoms with Gasteiger partial charge >= 0.3 is 0 Å². The molecule has 0 unspecified atom stereocenters. The van der Waals surface area contributed by atoms with E-state index in [9.17, 15) is 9.59 Å². The highest BCUT2D eigenvalue weighted by molar-refractivity contribution is 6.31. The summed E-state index contributed by atoms with van der Waals surface area (Å²) in [6, 6.07) is 7.37. The van der Waals surface area contributed by atoms with Gasteiger partial charge in [-0.1, -0.05) is 11.6 Å². The first kappa shape index (κ1) is 21.5. The molecule has 2 aromatic heterocycles. The summed E-state index contributed by atoms with van der Waals surface area (Å²) < 4.78 is 5.37. The number of amides is 2. The van der Waals surface area contributed by atoms with Crippen molar-refractivity contribution in [2.75, 3.05) is 36.0 Å². The number of benzene rings is 1. The number of piperazine rings is 1. The number of oxazole rings is 1. The molecule has 0 saturated carbocycles. The SMILES string of the molecule is Cc1ncc(C(=O)N2CCN(c3cncc(N4C(=O)c5ccc(Cl)cc5C4(C)C)c3)CC2)o1. The maximum Gasteiger partial charge on any atom is 0.291 e. The summed E-state index contributed by atoms with van der Waals surface area (Å²) in [5.74, 6) is 0.522. The molecule has 170 valence electrons. The van der Waals surface area contributed by atoms with Gasteiger partial charge in [0, 0.05) is 43.7 Å². The number of carbonyl (C=O) groups is 2. The molecule has 0 radical (unpaired) electrons. The van der Waals surface area contributed by atoms with Crippen LogP contribution in [-0.4, -0.2) is 52.9 Å². The molecule has 2 aliphatic heterocycles. The van der Waals surface area contributed by atoms with Crippen LogP contribution in [-0.2, 0) is 5.54 Å². The largest absolute Gasteiger partial charge is 0.436 e. The van der Waals surface area contributed by atoms with Crippen LogP contribution in [0.1, 0.15) is 46.2 Å². The first-order valence-corrected chi connectivity index (χ1v) is 11.2. The van der Waals surface area contributed by atoms with E-state index in [-0.39, 0.29) is 17.6 Å². The Labute approximate surface area is 196 Å². The molecule has 1 fully saturated rings. The third-order valence-electron chi connectivity index (χ3n) is 6.36. The lowest BCUT2D eigenvalue weighted by Gasteiger charge is -2.36. The number of aromatic nitrogens is 2. The molecule has 1 saturated heterocycles. The van der Waals surface area contributed by atoms with E-state index in [1.807, 2.05) is 26.0 Å². The van der Waals surface area contributed by atoms with Crippen LogP contribution in [0.25, 0.3) is 0 Å². The zero-order valence-electron chi connectivity index (χ0n) is 18.7. The Bertz CT molecular complexity index is 1250. The van der Waals surface area contributed by atoms with Gasteiger partial charge in [0.2, 0.25) is 5.76 Å². The Hall–Kier alpha value is -3.39. The van der Waals surface area contributed by atoms with Gasteiger partial charge in [-0.3, -0.25) is 19.5 Å². The topological polar surface area (TPSA) is 82.8 Å². The molecule has 2 amide bonds. The molecule has 33 heavy (non-hydrogen) atoms. The highest BCUT2D eigenvalue weighted by Crippen LogP contribution is 2.43. The van der Waals surface area contributed by atoms with Crippen LogP contribution < -0.4 is 9.80 Å². The summed E-state index contributed by atoms with van der Waals surface area (Å²) in [7, 11) is 0. The average molecular weight is 466 g/mol. The van der Waals surface area contributed by atoms with E-state index < -0.39 is 5.54 Å². The number of hydrogen-bond acceptors (Lipinski definition) is 6. The van der Waals surface area contributed by atoms with Gasteiger partial charge in [0.25, 0.3) is 11.8 Å². The zero-order chi connectivity index (χ0) is 23.3. The second kappa shape index (κ2) is 7.88. The molecule has 0 spiro atoms. The Balaban J connectivity index is 1.34. The van der Waals surface area contributed by atoms with Crippen molar-refractivity contribution < 1.29 is 14.0 Å². The molecule has 0 aliphatic carbocycles. The molecule has 0 bridgehead atoms. The second-order valence-corrected chi connectivity index (χ2v) is 9.25. The lowest BCUT2D eigenvalue weighted by molar-refractivity contribution is 0.0713. The minimum absolute atomic E-state index is 0.0663. The van der Waals surface area contributed by atoms with Gasteiger partial charge in [-0.25, -0.2) is 4.98 Å². The number of pyridine rings is 1. The van der Waals surface area contributed by atoms with Gasteiger partial charge in [-0.15, -0.1) is 0 Å². The van der Waals surface area contributed by atoms with Crippen molar-refractivity contribution in [2.45, 2.75) is 26.3 Å². The van der Waals surface area contributed by atoms with E-state index in [1.54, 1.807) is 41.2 Å². The van der Waals surface area contributed by atoms with Crippen molar-refractivity contribution in [1.29, 1.82) is 0 Å². The van der Waals surface area contributed by atoms with E-state index in [1.165, 1.54) is 6.20 Å². The van der Waals surface area contributed by atoms with Gasteiger partial charge in [-0.05, 0) is 43.7 Å². The summed E-state index contributed by atoms with van der Waals surface area (Å²) in [6.45, 7) is 8.15. The van der Waals surface area contributed by atoms with Crippen molar-refractivity contribution in [3.05, 3.63) is 70.7 Å². The van der Waals surface area contributed by atoms with Crippen LogP contribution in [0.2, 0.25) is 5.02 Å². The smallest absolute Gasteiger partial charge is 0.291 e. The average Bonchev–Trinajstić information content (AvgIpc) is 3.32. The molecule has 2 aliphatic rings. The minimum atomic E-state index is -0.558. The highest BCUT2D eigenvalue weighted by Gasteiger charge is 2.44. The standard InChI is InChI=1S/C24H24ClN5O3/c1-15-27-14-21(33-15)23(32)29-8-6-28(7-9-29)17-11-18(13-26-12-17)30-22(31)19-5-4-16(25)10-20(19)24(30,2)3/h4-5,10-14H,6-9H2,1-3H3. The van der Waals surface area contributed by atoms with Gasteiger partial charge < -0.3 is 14.2 Å². The fourth-order valence-corrected chi connectivity index (χ4v) is 4.81. The molecule has 1 aromatic carbocycles. The van der Waals surface area contributed by atoms with Crippen molar-refractivity contribution in [3.8, 4) is 0 Å². The minimum Gasteiger partial charge on any atom is -0.436 e. The van der Waals surface area contributed by atoms with Crippen LogP contribution in [0.4, 0.5) is 11.4 Å². The molecule has 9 heteroatoms. The van der Waals surface area contributed by atoms with Gasteiger partial charge in [0.1, 0.15) is 0 Å². The quantitative estimate of drug-likeness (QED) is 0.583. The number of hydrogen-bond donors (Lipinski definition) is 0. The highest BCUT2D eigenvalue weighted by atomic mass is 35.5. The van der Waals surface area contributed by atoms with E-state index in [2.05, 4.69) is 14.9 Å². The lowest BCUT2D eigenvalue weighted by atomic mass is 9.93. The first-order valence-electron chi connectivity index (χ1n) is 10.8. The molecular formula is C24H24ClN5O3.